The lowest BCUT2D eigenvalue weighted by atomic mass is 10.0. The molecule has 0 aromatic heterocycles. The van der Waals surface area contributed by atoms with E-state index >= 15 is 0 Å². The number of aryl methyl sites for hydroxylation is 1. The molecule has 0 saturated carbocycles. The van der Waals surface area contributed by atoms with Gasteiger partial charge in [-0.1, -0.05) is 91.0 Å². The van der Waals surface area contributed by atoms with Gasteiger partial charge < -0.3 is 14.4 Å². The Balaban J connectivity index is 1.29. The van der Waals surface area contributed by atoms with E-state index in [0.717, 1.165) is 16.7 Å². The highest BCUT2D eigenvalue weighted by Gasteiger charge is 2.49. The van der Waals surface area contributed by atoms with Crippen LogP contribution in [0.4, 0.5) is 0 Å². The monoisotopic (exact) mass is 588 g/mol. The van der Waals surface area contributed by atoms with E-state index in [9.17, 15) is 18.6 Å². The van der Waals surface area contributed by atoms with E-state index in [2.05, 4.69) is 5.32 Å². The largest absolute Gasteiger partial charge is 0.460 e. The van der Waals surface area contributed by atoms with Gasteiger partial charge >= 0.3 is 11.9 Å². The zero-order chi connectivity index (χ0) is 29.3. The van der Waals surface area contributed by atoms with E-state index < -0.39 is 46.2 Å². The first-order valence-corrected chi connectivity index (χ1v) is 15.8. The predicted octanol–water partition coefficient (Wildman–Crippen LogP) is 3.90. The van der Waals surface area contributed by atoms with E-state index in [1.807, 2.05) is 91.0 Å². The van der Waals surface area contributed by atoms with Crippen LogP contribution in [-0.4, -0.2) is 56.2 Å². The summed E-state index contributed by atoms with van der Waals surface area (Å²) in [4.78, 5) is 41.9. The van der Waals surface area contributed by atoms with Crippen molar-refractivity contribution >= 4 is 28.6 Å². The van der Waals surface area contributed by atoms with E-state index in [1.54, 1.807) is 0 Å². The number of nitrogens with zero attached hydrogens (tertiary/aromatic N) is 1. The fraction of sp³-hybridized carbons (Fsp3) is 0.364. The summed E-state index contributed by atoms with van der Waals surface area (Å²) in [5.74, 6) is -1.28. The topological polar surface area (TPSA) is 102 Å². The fourth-order valence-corrected chi connectivity index (χ4v) is 7.26. The van der Waals surface area contributed by atoms with Gasteiger partial charge in [-0.2, -0.15) is 0 Å². The summed E-state index contributed by atoms with van der Waals surface area (Å²) in [7, 11) is -1.37. The van der Waals surface area contributed by atoms with Crippen molar-refractivity contribution in [2.24, 2.45) is 0 Å². The second-order valence-electron chi connectivity index (χ2n) is 10.7. The van der Waals surface area contributed by atoms with Crippen molar-refractivity contribution < 1.29 is 28.1 Å². The Bertz CT molecular complexity index is 1370. The number of amides is 1. The molecule has 2 heterocycles. The van der Waals surface area contributed by atoms with Crippen LogP contribution in [0.1, 0.15) is 42.4 Å². The normalized spacial score (nSPS) is 22.6. The Morgan fingerprint density at radius 2 is 1.40 bits per heavy atom. The molecule has 1 unspecified atom stereocenters. The number of rotatable bonds is 11. The molecule has 0 radical (unpaired) electrons. The minimum atomic E-state index is -1.37. The second-order valence-corrected chi connectivity index (χ2v) is 12.3. The maximum Gasteiger partial charge on any atom is 0.330 e. The first-order valence-electron chi connectivity index (χ1n) is 14.4. The molecule has 0 spiro atoms. The van der Waals surface area contributed by atoms with Crippen LogP contribution in [0.15, 0.2) is 91.0 Å². The van der Waals surface area contributed by atoms with Crippen LogP contribution in [-0.2, 0) is 54.3 Å². The molecule has 1 amide bonds. The number of hydrogen-bond acceptors (Lipinski definition) is 7. The molecule has 5 rings (SSSR count). The van der Waals surface area contributed by atoms with Gasteiger partial charge in [-0.05, 0) is 48.8 Å². The van der Waals surface area contributed by atoms with Crippen LogP contribution in [0.2, 0.25) is 0 Å². The van der Waals surface area contributed by atoms with Gasteiger partial charge in [-0.3, -0.25) is 19.1 Å². The molecular weight excluding hydrogens is 552 g/mol. The molecule has 3 aromatic carbocycles. The number of ether oxygens (including phenoxy) is 2. The van der Waals surface area contributed by atoms with Gasteiger partial charge in [0.05, 0.1) is 11.8 Å². The van der Waals surface area contributed by atoms with Crippen LogP contribution in [0.5, 0.6) is 0 Å². The van der Waals surface area contributed by atoms with Crippen LogP contribution < -0.4 is 5.32 Å². The van der Waals surface area contributed by atoms with Gasteiger partial charge in [-0.15, -0.1) is 0 Å². The molecule has 5 atom stereocenters. The summed E-state index contributed by atoms with van der Waals surface area (Å²) < 4.78 is 24.3. The molecule has 2 aliphatic heterocycles. The number of esters is 2. The van der Waals surface area contributed by atoms with Crippen molar-refractivity contribution in [1.29, 1.82) is 0 Å². The standard InChI is InChI=1S/C33H36N2O6S/c36-31-27(17-10-18-30-35(31)29(23-42(30)39)33(38)41-22-26-15-8-3-9-16-26)34-28(20-19-24-11-4-1-5-12-24)32(37)40-21-25-13-6-2-7-14-25/h1-9,11-16,27-30,34H,10,17-23H2/t27-,28?,29-,30-,42+/m1/s1. The van der Waals surface area contributed by atoms with Gasteiger partial charge in [0.2, 0.25) is 5.91 Å². The summed E-state index contributed by atoms with van der Waals surface area (Å²) in [6.45, 7) is 0.205. The lowest BCUT2D eigenvalue weighted by molar-refractivity contribution is -0.156. The number of nitrogens with one attached hydrogen (secondary N) is 1. The van der Waals surface area contributed by atoms with Crippen LogP contribution in [0, 0.1) is 0 Å². The number of carbonyl (C=O) groups is 3. The van der Waals surface area contributed by atoms with Crippen molar-refractivity contribution in [1.82, 2.24) is 10.2 Å². The van der Waals surface area contributed by atoms with Gasteiger partial charge in [0.1, 0.15) is 30.7 Å². The van der Waals surface area contributed by atoms with Gasteiger partial charge in [-0.25, -0.2) is 4.79 Å². The quantitative estimate of drug-likeness (QED) is 0.339. The molecule has 42 heavy (non-hydrogen) atoms. The zero-order valence-corrected chi connectivity index (χ0v) is 24.2. The average molecular weight is 589 g/mol. The minimum Gasteiger partial charge on any atom is -0.460 e. The molecule has 2 aliphatic rings. The highest BCUT2D eigenvalue weighted by molar-refractivity contribution is 7.86. The third-order valence-electron chi connectivity index (χ3n) is 7.74. The number of carbonyl (C=O) groups excluding carboxylic acids is 3. The maximum atomic E-state index is 13.9. The van der Waals surface area contributed by atoms with Crippen molar-refractivity contribution in [3.8, 4) is 0 Å². The lowest BCUT2D eigenvalue weighted by Crippen LogP contribution is -2.55. The molecule has 2 fully saturated rings. The molecule has 0 aliphatic carbocycles. The molecule has 3 aromatic rings. The Labute approximate surface area is 248 Å². The third kappa shape index (κ3) is 7.52. The molecule has 8 nitrogen and oxygen atoms in total. The molecular formula is C33H36N2O6S. The maximum absolute atomic E-state index is 13.9. The Kier molecular flexibility index (Phi) is 10.2. The molecule has 1 N–H and O–H groups in total. The van der Waals surface area contributed by atoms with Crippen molar-refractivity contribution in [2.45, 2.75) is 68.8 Å². The van der Waals surface area contributed by atoms with E-state index in [0.29, 0.717) is 32.1 Å². The summed E-state index contributed by atoms with van der Waals surface area (Å²) >= 11 is 0. The average Bonchev–Trinajstić information content (AvgIpc) is 3.27. The van der Waals surface area contributed by atoms with E-state index in [1.165, 1.54) is 4.90 Å². The van der Waals surface area contributed by atoms with Crippen LogP contribution in [0.25, 0.3) is 0 Å². The van der Waals surface area contributed by atoms with Crippen molar-refractivity contribution in [2.75, 3.05) is 5.75 Å². The summed E-state index contributed by atoms with van der Waals surface area (Å²) in [5.41, 5.74) is 2.78. The SMILES string of the molecule is O=C(OCc1ccccc1)C(CCc1ccccc1)N[C@@H]1CCC[C@@H]2N(C1=O)[C@@H](C(=O)OCc1ccccc1)C[S@@]2=O. The van der Waals surface area contributed by atoms with E-state index in [-0.39, 0.29) is 24.9 Å². The predicted molar refractivity (Wildman–Crippen MR) is 159 cm³/mol. The van der Waals surface area contributed by atoms with Crippen molar-refractivity contribution in [3.05, 3.63) is 108 Å². The molecule has 9 heteroatoms. The first-order chi connectivity index (χ1) is 20.5. The fourth-order valence-electron chi connectivity index (χ4n) is 5.50. The smallest absolute Gasteiger partial charge is 0.330 e. The number of fused-ring (bicyclic) bond motifs is 1. The third-order valence-corrected chi connectivity index (χ3v) is 9.45. The molecule has 2 saturated heterocycles. The Morgan fingerprint density at radius 1 is 0.833 bits per heavy atom. The van der Waals surface area contributed by atoms with Gasteiger partial charge in [0.15, 0.2) is 0 Å². The van der Waals surface area contributed by atoms with E-state index in [4.69, 9.17) is 9.47 Å². The lowest BCUT2D eigenvalue weighted by Gasteiger charge is -2.30. The highest BCUT2D eigenvalue weighted by Crippen LogP contribution is 2.30. The summed E-state index contributed by atoms with van der Waals surface area (Å²) in [6, 6.07) is 26.2. The highest BCUT2D eigenvalue weighted by atomic mass is 32.2. The molecule has 220 valence electrons. The van der Waals surface area contributed by atoms with Gasteiger partial charge in [0, 0.05) is 10.8 Å². The Morgan fingerprint density at radius 3 is 2.02 bits per heavy atom. The Hall–Kier alpha value is -3.82. The number of hydrogen-bond donors (Lipinski definition) is 1. The zero-order valence-electron chi connectivity index (χ0n) is 23.4. The summed E-state index contributed by atoms with van der Waals surface area (Å²) in [6.07, 6.45) is 2.66. The molecule has 0 bridgehead atoms. The van der Waals surface area contributed by atoms with Crippen LogP contribution in [0.3, 0.4) is 0 Å². The first kappa shape index (κ1) is 29.7. The summed E-state index contributed by atoms with van der Waals surface area (Å²) in [5, 5.41) is 2.73. The van der Waals surface area contributed by atoms with Crippen LogP contribution >= 0.6 is 0 Å². The minimum absolute atomic E-state index is 0.0489. The second kappa shape index (κ2) is 14.4. The number of benzene rings is 3. The van der Waals surface area contributed by atoms with Gasteiger partial charge in [0.25, 0.3) is 0 Å². The van der Waals surface area contributed by atoms with Crippen molar-refractivity contribution in [3.63, 3.8) is 0 Å².